The van der Waals surface area contributed by atoms with Gasteiger partial charge in [0, 0.05) is 18.7 Å². The summed E-state index contributed by atoms with van der Waals surface area (Å²) in [6, 6.07) is 3.46. The Balaban J connectivity index is 1.71. The highest BCUT2D eigenvalue weighted by atomic mass is 19.1. The van der Waals surface area contributed by atoms with E-state index in [-0.39, 0.29) is 12.1 Å². The third kappa shape index (κ3) is 4.50. The first kappa shape index (κ1) is 13.8. The van der Waals surface area contributed by atoms with Gasteiger partial charge in [-0.15, -0.1) is 0 Å². The van der Waals surface area contributed by atoms with E-state index in [2.05, 4.69) is 10.6 Å². The molecule has 19 heavy (non-hydrogen) atoms. The third-order valence-electron chi connectivity index (χ3n) is 3.31. The number of hydrogen-bond acceptors (Lipinski definition) is 1. The minimum Gasteiger partial charge on any atom is -0.338 e. The van der Waals surface area contributed by atoms with Crippen molar-refractivity contribution >= 4 is 6.03 Å². The van der Waals surface area contributed by atoms with Gasteiger partial charge < -0.3 is 10.6 Å². The van der Waals surface area contributed by atoms with Crippen molar-refractivity contribution in [1.82, 2.24) is 10.6 Å². The average Bonchev–Trinajstić information content (AvgIpc) is 2.80. The summed E-state index contributed by atoms with van der Waals surface area (Å²) in [6.45, 7) is 0.363. The summed E-state index contributed by atoms with van der Waals surface area (Å²) in [5.74, 6) is -1.18. The van der Waals surface area contributed by atoms with Crippen LogP contribution < -0.4 is 10.6 Å². The summed E-state index contributed by atoms with van der Waals surface area (Å²) in [5, 5.41) is 5.59. The third-order valence-corrected chi connectivity index (χ3v) is 3.31. The summed E-state index contributed by atoms with van der Waals surface area (Å²) in [7, 11) is 0. The minimum atomic E-state index is -0.592. The van der Waals surface area contributed by atoms with Gasteiger partial charge in [-0.25, -0.2) is 13.6 Å². The van der Waals surface area contributed by atoms with Crippen LogP contribution in [0, 0.1) is 11.6 Å². The fourth-order valence-electron chi connectivity index (χ4n) is 2.38. The topological polar surface area (TPSA) is 41.1 Å². The largest absolute Gasteiger partial charge is 0.338 e. The van der Waals surface area contributed by atoms with Crippen LogP contribution in [0.1, 0.15) is 31.2 Å². The summed E-state index contributed by atoms with van der Waals surface area (Å²) >= 11 is 0. The normalized spacial score (nSPS) is 15.5. The van der Waals surface area contributed by atoms with E-state index in [0.29, 0.717) is 18.5 Å². The van der Waals surface area contributed by atoms with Gasteiger partial charge in [0.25, 0.3) is 0 Å². The second kappa shape index (κ2) is 6.50. The molecule has 2 N–H and O–H groups in total. The van der Waals surface area contributed by atoms with E-state index in [0.717, 1.165) is 31.7 Å². The Labute approximate surface area is 111 Å². The molecule has 2 amide bonds. The van der Waals surface area contributed by atoms with Crippen LogP contribution in [0.4, 0.5) is 13.6 Å². The highest BCUT2D eigenvalue weighted by Gasteiger charge is 2.16. The molecule has 2 rings (SSSR count). The second-order valence-corrected chi connectivity index (χ2v) is 4.91. The van der Waals surface area contributed by atoms with E-state index in [1.807, 2.05) is 0 Å². The van der Waals surface area contributed by atoms with Gasteiger partial charge in [-0.2, -0.15) is 0 Å². The fourth-order valence-corrected chi connectivity index (χ4v) is 2.38. The van der Waals surface area contributed by atoms with E-state index < -0.39 is 11.6 Å². The average molecular weight is 268 g/mol. The Morgan fingerprint density at radius 1 is 1.16 bits per heavy atom. The van der Waals surface area contributed by atoms with Crippen molar-refractivity contribution in [3.05, 3.63) is 35.4 Å². The zero-order chi connectivity index (χ0) is 13.7. The smallest absolute Gasteiger partial charge is 0.315 e. The Hall–Kier alpha value is -1.65. The van der Waals surface area contributed by atoms with Gasteiger partial charge in [-0.3, -0.25) is 0 Å². The molecule has 0 radical (unpaired) electrons. The molecule has 0 unspecified atom stereocenters. The Morgan fingerprint density at radius 2 is 1.79 bits per heavy atom. The molecule has 1 fully saturated rings. The van der Waals surface area contributed by atoms with Gasteiger partial charge >= 0.3 is 6.03 Å². The Bertz CT molecular complexity index is 425. The van der Waals surface area contributed by atoms with Crippen LogP contribution >= 0.6 is 0 Å². The van der Waals surface area contributed by atoms with Gasteiger partial charge in [0.05, 0.1) is 0 Å². The van der Waals surface area contributed by atoms with Crippen LogP contribution in [0.5, 0.6) is 0 Å². The molecule has 5 heteroatoms. The Kier molecular flexibility index (Phi) is 4.71. The highest BCUT2D eigenvalue weighted by molar-refractivity contribution is 5.74. The van der Waals surface area contributed by atoms with E-state index in [1.165, 1.54) is 12.1 Å². The second-order valence-electron chi connectivity index (χ2n) is 4.91. The Morgan fingerprint density at radius 3 is 2.42 bits per heavy atom. The maximum absolute atomic E-state index is 12.9. The molecular weight excluding hydrogens is 250 g/mol. The molecule has 0 spiro atoms. The fraction of sp³-hybridized carbons (Fsp3) is 0.500. The molecule has 0 aromatic heterocycles. The molecule has 1 aliphatic carbocycles. The van der Waals surface area contributed by atoms with Crippen molar-refractivity contribution in [2.24, 2.45) is 0 Å². The minimum absolute atomic E-state index is 0.205. The van der Waals surface area contributed by atoms with E-state index >= 15 is 0 Å². The van der Waals surface area contributed by atoms with Crippen LogP contribution in [-0.4, -0.2) is 18.6 Å². The molecule has 1 aromatic rings. The molecule has 104 valence electrons. The number of hydrogen-bond donors (Lipinski definition) is 2. The summed E-state index contributed by atoms with van der Waals surface area (Å²) < 4.78 is 25.9. The summed E-state index contributed by atoms with van der Waals surface area (Å²) in [4.78, 5) is 11.6. The van der Waals surface area contributed by atoms with Crippen molar-refractivity contribution in [2.45, 2.75) is 38.1 Å². The molecule has 0 atom stereocenters. The molecule has 3 nitrogen and oxygen atoms in total. The van der Waals surface area contributed by atoms with Crippen molar-refractivity contribution in [1.29, 1.82) is 0 Å². The molecule has 0 heterocycles. The number of urea groups is 1. The molecule has 1 aliphatic rings. The van der Waals surface area contributed by atoms with Gasteiger partial charge in [0.2, 0.25) is 0 Å². The van der Waals surface area contributed by atoms with Gasteiger partial charge in [0.15, 0.2) is 0 Å². The first-order chi connectivity index (χ1) is 9.13. The van der Waals surface area contributed by atoms with E-state index in [1.54, 1.807) is 0 Å². The lowest BCUT2D eigenvalue weighted by Crippen LogP contribution is -2.41. The predicted octanol–water partition coefficient (Wildman–Crippen LogP) is 2.75. The maximum Gasteiger partial charge on any atom is 0.315 e. The van der Waals surface area contributed by atoms with Crippen LogP contribution in [0.2, 0.25) is 0 Å². The monoisotopic (exact) mass is 268 g/mol. The van der Waals surface area contributed by atoms with Crippen molar-refractivity contribution in [3.63, 3.8) is 0 Å². The van der Waals surface area contributed by atoms with E-state index in [4.69, 9.17) is 0 Å². The van der Waals surface area contributed by atoms with Crippen molar-refractivity contribution < 1.29 is 13.6 Å². The molecule has 1 saturated carbocycles. The molecular formula is C14H18F2N2O. The number of halogens is 2. The zero-order valence-corrected chi connectivity index (χ0v) is 10.7. The van der Waals surface area contributed by atoms with Gasteiger partial charge in [0.1, 0.15) is 11.6 Å². The van der Waals surface area contributed by atoms with Crippen LogP contribution in [0.15, 0.2) is 18.2 Å². The summed E-state index contributed by atoms with van der Waals surface area (Å²) in [5.41, 5.74) is 0.540. The van der Waals surface area contributed by atoms with Gasteiger partial charge in [-0.1, -0.05) is 12.8 Å². The zero-order valence-electron chi connectivity index (χ0n) is 10.7. The first-order valence-electron chi connectivity index (χ1n) is 6.63. The number of benzene rings is 1. The quantitative estimate of drug-likeness (QED) is 0.866. The number of nitrogens with one attached hydrogen (secondary N) is 2. The standard InChI is InChI=1S/C14H18F2N2O/c15-11-7-10(8-12(16)9-11)5-6-17-14(19)18-13-3-1-2-4-13/h7-9,13H,1-6H2,(H2,17,18,19). The summed E-state index contributed by atoms with van der Waals surface area (Å²) in [6.07, 6.45) is 4.79. The first-order valence-corrected chi connectivity index (χ1v) is 6.63. The number of rotatable bonds is 4. The molecule has 0 aliphatic heterocycles. The van der Waals surface area contributed by atoms with E-state index in [9.17, 15) is 13.6 Å². The number of amides is 2. The highest BCUT2D eigenvalue weighted by Crippen LogP contribution is 2.17. The lowest BCUT2D eigenvalue weighted by atomic mass is 10.1. The van der Waals surface area contributed by atoms with Crippen LogP contribution in [-0.2, 0) is 6.42 Å². The molecule has 0 saturated heterocycles. The number of carbonyl (C=O) groups is 1. The maximum atomic E-state index is 12.9. The SMILES string of the molecule is O=C(NCCc1cc(F)cc(F)c1)NC1CCCC1. The molecule has 1 aromatic carbocycles. The van der Waals surface area contributed by atoms with Gasteiger partial charge in [-0.05, 0) is 37.0 Å². The van der Waals surface area contributed by atoms with Crippen LogP contribution in [0.25, 0.3) is 0 Å². The lowest BCUT2D eigenvalue weighted by molar-refractivity contribution is 0.237. The molecule has 0 bridgehead atoms. The van der Waals surface area contributed by atoms with Crippen molar-refractivity contribution in [3.8, 4) is 0 Å². The number of carbonyl (C=O) groups excluding carboxylic acids is 1. The lowest BCUT2D eigenvalue weighted by Gasteiger charge is -2.12. The van der Waals surface area contributed by atoms with Crippen LogP contribution in [0.3, 0.4) is 0 Å². The predicted molar refractivity (Wildman–Crippen MR) is 68.9 cm³/mol. The van der Waals surface area contributed by atoms with Crippen molar-refractivity contribution in [2.75, 3.05) is 6.54 Å².